The number of carbonyl (C=O) groups excluding carboxylic acids is 1. The maximum absolute atomic E-state index is 13.7. The van der Waals surface area contributed by atoms with E-state index < -0.39 is 5.82 Å². The van der Waals surface area contributed by atoms with Crippen molar-refractivity contribution in [3.63, 3.8) is 0 Å². The van der Waals surface area contributed by atoms with Gasteiger partial charge in [0.2, 0.25) is 0 Å². The summed E-state index contributed by atoms with van der Waals surface area (Å²) in [6, 6.07) is 4.47. The van der Waals surface area contributed by atoms with Crippen LogP contribution in [0.4, 0.5) is 4.39 Å². The Hall–Kier alpha value is -2.23. The summed E-state index contributed by atoms with van der Waals surface area (Å²) >= 11 is 1.22. The quantitative estimate of drug-likeness (QED) is 0.849. The molecule has 0 aliphatic rings. The number of rotatable bonds is 4. The fourth-order valence-electron chi connectivity index (χ4n) is 1.60. The minimum atomic E-state index is -0.396. The van der Waals surface area contributed by atoms with Crippen molar-refractivity contribution in [3.8, 4) is 11.8 Å². The molecule has 108 valence electrons. The van der Waals surface area contributed by atoms with Crippen LogP contribution in [0.1, 0.15) is 27.2 Å². The number of benzene rings is 1. The van der Waals surface area contributed by atoms with Crippen LogP contribution in [0.25, 0.3) is 0 Å². The summed E-state index contributed by atoms with van der Waals surface area (Å²) in [5.41, 5.74) is 2.57. The highest BCUT2D eigenvalue weighted by molar-refractivity contribution is 7.11. The van der Waals surface area contributed by atoms with Crippen LogP contribution in [0, 0.1) is 17.7 Å². The molecule has 0 unspecified atom stereocenters. The molecule has 2 rings (SSSR count). The zero-order valence-electron chi connectivity index (χ0n) is 11.1. The van der Waals surface area contributed by atoms with Gasteiger partial charge >= 0.3 is 0 Å². The van der Waals surface area contributed by atoms with Gasteiger partial charge in [0.25, 0.3) is 5.91 Å². The second-order valence-electron chi connectivity index (χ2n) is 4.13. The molecule has 4 nitrogen and oxygen atoms in total. The number of halogens is 1. The number of aliphatic hydroxyl groups is 1. The van der Waals surface area contributed by atoms with Crippen LogP contribution in [0.3, 0.4) is 0 Å². The predicted octanol–water partition coefficient (Wildman–Crippen LogP) is 1.95. The summed E-state index contributed by atoms with van der Waals surface area (Å²) in [6.45, 7) is 0.0735. The van der Waals surface area contributed by atoms with Crippen molar-refractivity contribution in [1.29, 1.82) is 0 Å². The summed E-state index contributed by atoms with van der Waals surface area (Å²) in [4.78, 5) is 16.1. The largest absolute Gasteiger partial charge is 0.395 e. The Balaban J connectivity index is 2.04. The third-order valence-corrected chi connectivity index (χ3v) is 3.38. The van der Waals surface area contributed by atoms with E-state index in [4.69, 9.17) is 5.11 Å². The lowest BCUT2D eigenvalue weighted by Crippen LogP contribution is -2.22. The van der Waals surface area contributed by atoms with Crippen LogP contribution in [0.2, 0.25) is 0 Å². The van der Waals surface area contributed by atoms with Gasteiger partial charge in [-0.15, -0.1) is 11.3 Å². The van der Waals surface area contributed by atoms with Gasteiger partial charge in [0, 0.05) is 24.1 Å². The van der Waals surface area contributed by atoms with Gasteiger partial charge in [-0.2, -0.15) is 0 Å². The third-order valence-electron chi connectivity index (χ3n) is 2.61. The number of hydrogen-bond donors (Lipinski definition) is 2. The van der Waals surface area contributed by atoms with E-state index in [2.05, 4.69) is 22.1 Å². The second kappa shape index (κ2) is 7.53. The Kier molecular flexibility index (Phi) is 5.43. The molecule has 0 saturated heterocycles. The minimum Gasteiger partial charge on any atom is -0.395 e. The van der Waals surface area contributed by atoms with E-state index in [1.807, 2.05) is 0 Å². The van der Waals surface area contributed by atoms with Gasteiger partial charge in [-0.3, -0.25) is 9.78 Å². The first-order valence-electron chi connectivity index (χ1n) is 6.25. The molecule has 1 aromatic heterocycles. The number of nitrogens with zero attached hydrogens (tertiary/aromatic N) is 1. The van der Waals surface area contributed by atoms with Crippen molar-refractivity contribution in [2.24, 2.45) is 0 Å². The molecule has 0 radical (unpaired) electrons. The van der Waals surface area contributed by atoms with Gasteiger partial charge in [0.15, 0.2) is 0 Å². The van der Waals surface area contributed by atoms with Crippen molar-refractivity contribution in [2.75, 3.05) is 6.61 Å². The van der Waals surface area contributed by atoms with Crippen molar-refractivity contribution in [1.82, 2.24) is 10.3 Å². The highest BCUT2D eigenvalue weighted by atomic mass is 32.1. The molecule has 2 aromatic rings. The monoisotopic (exact) mass is 304 g/mol. The first kappa shape index (κ1) is 15.2. The molecule has 1 aromatic carbocycles. The number of thiazole rings is 1. The number of aromatic nitrogens is 1. The summed E-state index contributed by atoms with van der Waals surface area (Å²) in [5.74, 6) is 4.92. The van der Waals surface area contributed by atoms with E-state index in [-0.39, 0.29) is 19.1 Å². The highest BCUT2D eigenvalue weighted by Crippen LogP contribution is 2.11. The number of carbonyl (C=O) groups is 1. The molecule has 0 spiro atoms. The Morgan fingerprint density at radius 3 is 3.05 bits per heavy atom. The van der Waals surface area contributed by atoms with Crippen molar-refractivity contribution < 1.29 is 14.3 Å². The maximum Gasteiger partial charge on any atom is 0.263 e. The van der Waals surface area contributed by atoms with Crippen LogP contribution in [-0.4, -0.2) is 22.6 Å². The van der Waals surface area contributed by atoms with E-state index in [1.54, 1.807) is 17.6 Å². The molecular formula is C15H13FN2O2S. The van der Waals surface area contributed by atoms with Crippen LogP contribution >= 0.6 is 11.3 Å². The van der Waals surface area contributed by atoms with Gasteiger partial charge in [-0.25, -0.2) is 4.39 Å². The van der Waals surface area contributed by atoms with Crippen LogP contribution < -0.4 is 5.32 Å². The van der Waals surface area contributed by atoms with Crippen LogP contribution in [0.15, 0.2) is 29.9 Å². The summed E-state index contributed by atoms with van der Waals surface area (Å²) in [6.07, 6.45) is 1.84. The fourth-order valence-corrected chi connectivity index (χ4v) is 2.14. The summed E-state index contributed by atoms with van der Waals surface area (Å²) in [7, 11) is 0. The molecule has 0 bridgehead atoms. The highest BCUT2D eigenvalue weighted by Gasteiger charge is 2.09. The first-order chi connectivity index (χ1) is 10.2. The Bertz CT molecular complexity index is 675. The number of amides is 1. The minimum absolute atomic E-state index is 0.00798. The average molecular weight is 304 g/mol. The molecule has 0 atom stereocenters. The molecule has 1 heterocycles. The zero-order chi connectivity index (χ0) is 15.1. The molecule has 2 N–H and O–H groups in total. The van der Waals surface area contributed by atoms with Crippen molar-refractivity contribution in [2.45, 2.75) is 13.0 Å². The van der Waals surface area contributed by atoms with E-state index in [0.717, 1.165) is 0 Å². The topological polar surface area (TPSA) is 62.2 Å². The second-order valence-corrected chi connectivity index (χ2v) is 5.02. The van der Waals surface area contributed by atoms with Gasteiger partial charge in [-0.1, -0.05) is 11.8 Å². The number of aliphatic hydroxyl groups excluding tert-OH is 1. The van der Waals surface area contributed by atoms with Crippen molar-refractivity contribution >= 4 is 17.2 Å². The lowest BCUT2D eigenvalue weighted by atomic mass is 10.1. The lowest BCUT2D eigenvalue weighted by Gasteiger charge is -2.05. The maximum atomic E-state index is 13.7. The summed E-state index contributed by atoms with van der Waals surface area (Å²) < 4.78 is 13.7. The molecule has 0 saturated carbocycles. The Labute approximate surface area is 125 Å². The molecule has 1 amide bonds. The first-order valence-corrected chi connectivity index (χ1v) is 7.13. The van der Waals surface area contributed by atoms with Crippen molar-refractivity contribution in [3.05, 3.63) is 51.7 Å². The van der Waals surface area contributed by atoms with Crippen LogP contribution in [-0.2, 0) is 6.54 Å². The van der Waals surface area contributed by atoms with Gasteiger partial charge in [0.1, 0.15) is 10.7 Å². The normalized spacial score (nSPS) is 9.81. The predicted molar refractivity (Wildman–Crippen MR) is 78.3 cm³/mol. The smallest absolute Gasteiger partial charge is 0.263 e. The molecule has 0 aliphatic carbocycles. The Morgan fingerprint density at radius 1 is 1.48 bits per heavy atom. The molecule has 21 heavy (non-hydrogen) atoms. The fraction of sp³-hybridized carbons (Fsp3) is 0.200. The Morgan fingerprint density at radius 2 is 2.33 bits per heavy atom. The average Bonchev–Trinajstić information content (AvgIpc) is 3.02. The molecule has 0 fully saturated rings. The van der Waals surface area contributed by atoms with Gasteiger partial charge in [-0.05, 0) is 18.2 Å². The lowest BCUT2D eigenvalue weighted by molar-refractivity contribution is 0.0954. The van der Waals surface area contributed by atoms with Crippen LogP contribution in [0.5, 0.6) is 0 Å². The van der Waals surface area contributed by atoms with Gasteiger partial charge < -0.3 is 10.4 Å². The molecule has 6 heteroatoms. The van der Waals surface area contributed by atoms with E-state index in [9.17, 15) is 9.18 Å². The van der Waals surface area contributed by atoms with Gasteiger partial charge in [0.05, 0.1) is 18.3 Å². The number of hydrogen-bond acceptors (Lipinski definition) is 4. The van der Waals surface area contributed by atoms with E-state index in [1.165, 1.54) is 23.6 Å². The van der Waals surface area contributed by atoms with E-state index in [0.29, 0.717) is 22.4 Å². The summed E-state index contributed by atoms with van der Waals surface area (Å²) in [5, 5.41) is 11.3. The molecular weight excluding hydrogens is 291 g/mol. The number of nitrogens with one attached hydrogen (secondary N) is 1. The third kappa shape index (κ3) is 4.38. The molecule has 0 aliphatic heterocycles. The SMILES string of the molecule is O=C(NCc1cc(C#CCCO)ccc1F)c1cncs1. The standard InChI is InChI=1S/C15H13FN2O2S/c16-13-5-4-11(3-1-2-6-19)7-12(13)8-18-15(20)14-9-17-10-21-14/h4-5,7,9-10,19H,2,6,8H2,(H,18,20). The van der Waals surface area contributed by atoms with E-state index >= 15 is 0 Å². The zero-order valence-corrected chi connectivity index (χ0v) is 11.9.